The molecule has 0 aliphatic rings. The fourth-order valence-electron chi connectivity index (χ4n) is 1.55. The predicted molar refractivity (Wildman–Crippen MR) is 77.3 cm³/mol. The van der Waals surface area contributed by atoms with E-state index in [1.165, 1.54) is 23.1 Å². The highest BCUT2D eigenvalue weighted by atomic mass is 32.2. The molecule has 2 aromatic heterocycles. The van der Waals surface area contributed by atoms with Gasteiger partial charge in [-0.2, -0.15) is 0 Å². The van der Waals surface area contributed by atoms with Gasteiger partial charge in [0.25, 0.3) is 0 Å². The van der Waals surface area contributed by atoms with Crippen LogP contribution in [0.4, 0.5) is 5.95 Å². The zero-order valence-electron chi connectivity index (χ0n) is 10.4. The predicted octanol–water partition coefficient (Wildman–Crippen LogP) is 3.93. The molecular weight excluding hydrogens is 250 g/mol. The molecule has 5 heteroatoms. The van der Waals surface area contributed by atoms with Crippen molar-refractivity contribution in [3.05, 3.63) is 10.9 Å². The van der Waals surface area contributed by atoms with E-state index in [2.05, 4.69) is 35.2 Å². The minimum atomic E-state index is 0.721. The Bertz CT molecular complexity index is 508. The van der Waals surface area contributed by atoms with Crippen LogP contribution in [-0.4, -0.2) is 22.8 Å². The zero-order valence-corrected chi connectivity index (χ0v) is 12.0. The van der Waals surface area contributed by atoms with E-state index in [9.17, 15) is 0 Å². The van der Waals surface area contributed by atoms with Crippen LogP contribution in [0, 0.1) is 6.92 Å². The Balaban J connectivity index is 2.36. The summed E-state index contributed by atoms with van der Waals surface area (Å²) in [6, 6.07) is 2.19. The maximum atomic E-state index is 4.55. The Hall–Kier alpha value is -0.810. The molecule has 0 aromatic carbocycles. The standard InChI is InChI=1S/C12H17N3S2/c1-4-5-6-16-10-9-7-8(2)17-11(9)15-12(13-3)14-10/h7H,4-6H2,1-3H3,(H,13,14,15). The lowest BCUT2D eigenvalue weighted by Gasteiger charge is -2.04. The van der Waals surface area contributed by atoms with E-state index < -0.39 is 0 Å². The second-order valence-corrected chi connectivity index (χ2v) is 6.20. The molecule has 0 fully saturated rings. The van der Waals surface area contributed by atoms with Crippen molar-refractivity contribution in [2.45, 2.75) is 31.7 Å². The second kappa shape index (κ2) is 5.69. The highest BCUT2D eigenvalue weighted by Crippen LogP contribution is 2.32. The highest BCUT2D eigenvalue weighted by molar-refractivity contribution is 7.99. The lowest BCUT2D eigenvalue weighted by atomic mass is 10.4. The smallest absolute Gasteiger partial charge is 0.224 e. The summed E-state index contributed by atoms with van der Waals surface area (Å²) >= 11 is 3.56. The van der Waals surface area contributed by atoms with Gasteiger partial charge in [0.2, 0.25) is 5.95 Å². The lowest BCUT2D eigenvalue weighted by Crippen LogP contribution is -1.97. The monoisotopic (exact) mass is 267 g/mol. The fraction of sp³-hybridized carbons (Fsp3) is 0.500. The molecule has 0 saturated heterocycles. The van der Waals surface area contributed by atoms with E-state index in [4.69, 9.17) is 0 Å². The lowest BCUT2D eigenvalue weighted by molar-refractivity contribution is 0.895. The van der Waals surface area contributed by atoms with Crippen LogP contribution in [0.5, 0.6) is 0 Å². The molecule has 0 saturated carbocycles. The van der Waals surface area contributed by atoms with Crippen molar-refractivity contribution in [2.75, 3.05) is 18.1 Å². The third-order valence-corrected chi connectivity index (χ3v) is 4.46. The van der Waals surface area contributed by atoms with E-state index in [0.29, 0.717) is 0 Å². The molecule has 0 spiro atoms. The van der Waals surface area contributed by atoms with E-state index >= 15 is 0 Å². The molecule has 2 rings (SSSR count). The summed E-state index contributed by atoms with van der Waals surface area (Å²) in [6.07, 6.45) is 2.46. The van der Waals surface area contributed by atoms with Gasteiger partial charge in [0, 0.05) is 17.3 Å². The Kier molecular flexibility index (Phi) is 4.23. The zero-order chi connectivity index (χ0) is 12.3. The number of thioether (sulfide) groups is 1. The van der Waals surface area contributed by atoms with Crippen molar-refractivity contribution in [1.82, 2.24) is 9.97 Å². The van der Waals surface area contributed by atoms with E-state index in [0.717, 1.165) is 21.6 Å². The van der Waals surface area contributed by atoms with E-state index in [-0.39, 0.29) is 0 Å². The van der Waals surface area contributed by atoms with Crippen molar-refractivity contribution in [3.8, 4) is 0 Å². The normalized spacial score (nSPS) is 11.0. The van der Waals surface area contributed by atoms with Gasteiger partial charge < -0.3 is 5.32 Å². The third-order valence-electron chi connectivity index (χ3n) is 2.44. The molecule has 0 aliphatic carbocycles. The van der Waals surface area contributed by atoms with Crippen LogP contribution in [0.1, 0.15) is 24.6 Å². The Morgan fingerprint density at radius 1 is 1.41 bits per heavy atom. The fourth-order valence-corrected chi connectivity index (χ4v) is 3.58. The molecule has 3 nitrogen and oxygen atoms in total. The summed E-state index contributed by atoms with van der Waals surface area (Å²) in [5.74, 6) is 1.85. The van der Waals surface area contributed by atoms with Crippen LogP contribution in [0.3, 0.4) is 0 Å². The first-order chi connectivity index (χ1) is 8.24. The first-order valence-corrected chi connectivity index (χ1v) is 7.63. The van der Waals surface area contributed by atoms with Gasteiger partial charge in [0.15, 0.2) is 0 Å². The molecule has 92 valence electrons. The number of hydrogen-bond donors (Lipinski definition) is 1. The third kappa shape index (κ3) is 2.90. The molecule has 0 bridgehead atoms. The number of aryl methyl sites for hydroxylation is 1. The summed E-state index contributed by atoms with van der Waals surface area (Å²) in [7, 11) is 1.86. The Labute approximate surface area is 110 Å². The van der Waals surface area contributed by atoms with Crippen LogP contribution < -0.4 is 5.32 Å². The van der Waals surface area contributed by atoms with Gasteiger partial charge in [0.1, 0.15) is 9.86 Å². The summed E-state index contributed by atoms with van der Waals surface area (Å²) in [4.78, 5) is 11.4. The number of nitrogens with one attached hydrogen (secondary N) is 1. The van der Waals surface area contributed by atoms with Crippen LogP contribution in [-0.2, 0) is 0 Å². The van der Waals surface area contributed by atoms with Crippen LogP contribution >= 0.6 is 23.1 Å². The molecule has 2 aromatic rings. The van der Waals surface area contributed by atoms with Gasteiger partial charge in [0.05, 0.1) is 0 Å². The number of unbranched alkanes of at least 4 members (excludes halogenated alkanes) is 1. The van der Waals surface area contributed by atoms with Crippen molar-refractivity contribution >= 4 is 39.3 Å². The number of nitrogens with zero attached hydrogens (tertiary/aromatic N) is 2. The van der Waals surface area contributed by atoms with Gasteiger partial charge in [-0.1, -0.05) is 13.3 Å². The summed E-state index contributed by atoms with van der Waals surface area (Å²) in [5, 5.41) is 5.34. The number of thiophene rings is 1. The largest absolute Gasteiger partial charge is 0.357 e. The average Bonchev–Trinajstić information content (AvgIpc) is 2.69. The van der Waals surface area contributed by atoms with Crippen LogP contribution in [0.2, 0.25) is 0 Å². The maximum absolute atomic E-state index is 4.55. The molecule has 0 amide bonds. The SMILES string of the molecule is CCCCSc1nc(NC)nc2sc(C)cc12. The Morgan fingerprint density at radius 3 is 2.94 bits per heavy atom. The molecule has 0 radical (unpaired) electrons. The molecule has 1 N–H and O–H groups in total. The molecule has 17 heavy (non-hydrogen) atoms. The molecule has 2 heterocycles. The topological polar surface area (TPSA) is 37.8 Å². The summed E-state index contributed by atoms with van der Waals surface area (Å²) in [6.45, 7) is 4.33. The second-order valence-electron chi connectivity index (χ2n) is 3.88. The highest BCUT2D eigenvalue weighted by Gasteiger charge is 2.10. The van der Waals surface area contributed by atoms with Gasteiger partial charge in [-0.3, -0.25) is 0 Å². The molecule has 0 atom stereocenters. The first-order valence-electron chi connectivity index (χ1n) is 5.83. The van der Waals surface area contributed by atoms with Crippen LogP contribution in [0.15, 0.2) is 11.1 Å². The van der Waals surface area contributed by atoms with Crippen LogP contribution in [0.25, 0.3) is 10.2 Å². The minimum absolute atomic E-state index is 0.721. The summed E-state index contributed by atoms with van der Waals surface area (Å²) < 4.78 is 0. The first kappa shape index (κ1) is 12.6. The van der Waals surface area contributed by atoms with Gasteiger partial charge in [-0.15, -0.1) is 23.1 Å². The number of hydrogen-bond acceptors (Lipinski definition) is 5. The summed E-state index contributed by atoms with van der Waals surface area (Å²) in [5.41, 5.74) is 0. The quantitative estimate of drug-likeness (QED) is 0.506. The van der Waals surface area contributed by atoms with Crippen molar-refractivity contribution in [3.63, 3.8) is 0 Å². The minimum Gasteiger partial charge on any atom is -0.357 e. The van der Waals surface area contributed by atoms with Crippen molar-refractivity contribution < 1.29 is 0 Å². The van der Waals surface area contributed by atoms with Gasteiger partial charge in [-0.25, -0.2) is 9.97 Å². The number of aromatic nitrogens is 2. The number of rotatable bonds is 5. The maximum Gasteiger partial charge on any atom is 0.224 e. The number of fused-ring (bicyclic) bond motifs is 1. The van der Waals surface area contributed by atoms with Crippen molar-refractivity contribution in [2.24, 2.45) is 0 Å². The Morgan fingerprint density at radius 2 is 2.24 bits per heavy atom. The van der Waals surface area contributed by atoms with Crippen molar-refractivity contribution in [1.29, 1.82) is 0 Å². The number of anilines is 1. The molecular formula is C12H17N3S2. The van der Waals surface area contributed by atoms with Gasteiger partial charge >= 0.3 is 0 Å². The van der Waals surface area contributed by atoms with E-state index in [1.807, 2.05) is 18.8 Å². The van der Waals surface area contributed by atoms with E-state index in [1.54, 1.807) is 11.3 Å². The molecule has 0 unspecified atom stereocenters. The average molecular weight is 267 g/mol. The van der Waals surface area contributed by atoms with Gasteiger partial charge in [-0.05, 0) is 25.2 Å². The molecule has 0 aliphatic heterocycles.